The molecule has 7 nitrogen and oxygen atoms in total. The van der Waals surface area contributed by atoms with Crippen molar-refractivity contribution in [1.29, 1.82) is 0 Å². The lowest BCUT2D eigenvalue weighted by Crippen LogP contribution is -2.35. The average Bonchev–Trinajstić information content (AvgIpc) is 2.61. The van der Waals surface area contributed by atoms with E-state index < -0.39 is 22.1 Å². The molecule has 0 aliphatic rings. The lowest BCUT2D eigenvalue weighted by molar-refractivity contribution is 0.0692. The molecule has 2 aromatic carbocycles. The summed E-state index contributed by atoms with van der Waals surface area (Å²) in [7, 11) is -4.07. The number of aromatic carboxylic acids is 1. The van der Waals surface area contributed by atoms with Gasteiger partial charge in [0.2, 0.25) is 10.0 Å². The molecule has 1 unspecified atom stereocenters. The largest absolute Gasteiger partial charge is 0.491 e. The third kappa shape index (κ3) is 5.04. The second kappa shape index (κ2) is 8.31. The van der Waals surface area contributed by atoms with E-state index in [1.54, 1.807) is 6.07 Å². The fourth-order valence-corrected chi connectivity index (χ4v) is 3.49. The second-order valence-electron chi connectivity index (χ2n) is 5.86. The van der Waals surface area contributed by atoms with Crippen molar-refractivity contribution >= 4 is 16.0 Å². The van der Waals surface area contributed by atoms with Gasteiger partial charge in [-0.3, -0.25) is 0 Å². The Labute approximate surface area is 152 Å². The summed E-state index contributed by atoms with van der Waals surface area (Å²) in [6, 6.07) is 10.8. The zero-order chi connectivity index (χ0) is 19.3. The summed E-state index contributed by atoms with van der Waals surface area (Å²) >= 11 is 0. The van der Waals surface area contributed by atoms with E-state index in [9.17, 15) is 18.3 Å². The highest BCUT2D eigenvalue weighted by atomic mass is 32.2. The lowest BCUT2D eigenvalue weighted by atomic mass is 10.1. The molecular formula is C18H21NO6S. The molecule has 140 valence electrons. The molecule has 2 aromatic rings. The van der Waals surface area contributed by atoms with Crippen molar-refractivity contribution in [2.75, 3.05) is 13.2 Å². The molecule has 0 fully saturated rings. The highest BCUT2D eigenvalue weighted by molar-refractivity contribution is 7.89. The summed E-state index contributed by atoms with van der Waals surface area (Å²) in [6.07, 6.45) is -1.09. The standard InChI is InChI=1S/C18H21NO6S/c1-12-7-8-15(9-13(12)2)25-11-14(20)10-19-26(23,24)17-6-4-3-5-16(17)18(21)22/h3-9,14,19-20H,10-11H2,1-2H3,(H,21,22). The Hall–Kier alpha value is -2.42. The highest BCUT2D eigenvalue weighted by Crippen LogP contribution is 2.17. The number of hydrogen-bond donors (Lipinski definition) is 3. The second-order valence-corrected chi connectivity index (χ2v) is 7.60. The summed E-state index contributed by atoms with van der Waals surface area (Å²) in [5.41, 5.74) is 1.83. The van der Waals surface area contributed by atoms with Crippen LogP contribution in [0, 0.1) is 13.8 Å². The van der Waals surface area contributed by atoms with Gasteiger partial charge in [0.25, 0.3) is 0 Å². The number of carboxylic acid groups (broad SMARTS) is 1. The zero-order valence-corrected chi connectivity index (χ0v) is 15.3. The van der Waals surface area contributed by atoms with Crippen molar-refractivity contribution in [1.82, 2.24) is 4.72 Å². The normalized spacial score (nSPS) is 12.6. The molecule has 0 saturated carbocycles. The molecule has 0 aliphatic heterocycles. The molecule has 0 radical (unpaired) electrons. The van der Waals surface area contributed by atoms with Crippen molar-refractivity contribution in [3.63, 3.8) is 0 Å². The fourth-order valence-electron chi connectivity index (χ4n) is 2.22. The van der Waals surface area contributed by atoms with Crippen LogP contribution in [0.15, 0.2) is 47.4 Å². The van der Waals surface area contributed by atoms with Crippen LogP contribution < -0.4 is 9.46 Å². The van der Waals surface area contributed by atoms with E-state index in [2.05, 4.69) is 4.72 Å². The van der Waals surface area contributed by atoms with Crippen molar-refractivity contribution in [3.8, 4) is 5.75 Å². The van der Waals surface area contributed by atoms with Crippen LogP contribution in [-0.4, -0.2) is 43.9 Å². The van der Waals surface area contributed by atoms with Gasteiger partial charge in [-0.2, -0.15) is 0 Å². The Balaban J connectivity index is 1.97. The first kappa shape index (κ1) is 19.9. The van der Waals surface area contributed by atoms with Crippen LogP contribution in [0.5, 0.6) is 5.75 Å². The Bertz CT molecular complexity index is 894. The van der Waals surface area contributed by atoms with Crippen LogP contribution in [0.3, 0.4) is 0 Å². The first-order valence-electron chi connectivity index (χ1n) is 7.91. The quantitative estimate of drug-likeness (QED) is 0.644. The number of carboxylic acids is 1. The maximum atomic E-state index is 12.3. The van der Waals surface area contributed by atoms with Gasteiger partial charge >= 0.3 is 5.97 Å². The van der Waals surface area contributed by atoms with E-state index in [0.29, 0.717) is 5.75 Å². The van der Waals surface area contributed by atoms with Crippen LogP contribution in [0.1, 0.15) is 21.5 Å². The average molecular weight is 379 g/mol. The van der Waals surface area contributed by atoms with Crippen LogP contribution in [0.25, 0.3) is 0 Å². The highest BCUT2D eigenvalue weighted by Gasteiger charge is 2.22. The minimum atomic E-state index is -4.07. The summed E-state index contributed by atoms with van der Waals surface area (Å²) in [5, 5.41) is 19.1. The SMILES string of the molecule is Cc1ccc(OCC(O)CNS(=O)(=O)c2ccccc2C(=O)O)cc1C. The molecule has 0 aromatic heterocycles. The third-order valence-electron chi connectivity index (χ3n) is 3.84. The Morgan fingerprint density at radius 2 is 1.85 bits per heavy atom. The molecule has 0 saturated heterocycles. The van der Waals surface area contributed by atoms with E-state index >= 15 is 0 Å². The molecular weight excluding hydrogens is 358 g/mol. The summed E-state index contributed by atoms with van der Waals surface area (Å²) < 4.78 is 32.2. The van der Waals surface area contributed by atoms with Gasteiger partial charge in [0.15, 0.2) is 0 Å². The number of ether oxygens (including phenoxy) is 1. The van der Waals surface area contributed by atoms with Gasteiger partial charge in [0.05, 0.1) is 10.5 Å². The van der Waals surface area contributed by atoms with E-state index in [1.807, 2.05) is 26.0 Å². The number of nitrogens with one attached hydrogen (secondary N) is 1. The topological polar surface area (TPSA) is 113 Å². The van der Waals surface area contributed by atoms with Crippen molar-refractivity contribution < 1.29 is 28.2 Å². The number of sulfonamides is 1. The smallest absolute Gasteiger partial charge is 0.337 e. The van der Waals surface area contributed by atoms with Crippen molar-refractivity contribution in [2.24, 2.45) is 0 Å². The molecule has 2 rings (SSSR count). The maximum Gasteiger partial charge on any atom is 0.337 e. The molecule has 1 atom stereocenters. The number of aliphatic hydroxyl groups excluding tert-OH is 1. The van der Waals surface area contributed by atoms with Crippen LogP contribution in [0.2, 0.25) is 0 Å². The van der Waals surface area contributed by atoms with Gasteiger partial charge < -0.3 is 14.9 Å². The summed E-state index contributed by atoms with van der Waals surface area (Å²) in [6.45, 7) is 3.50. The molecule has 0 amide bonds. The van der Waals surface area contributed by atoms with Crippen LogP contribution >= 0.6 is 0 Å². The molecule has 0 heterocycles. The predicted molar refractivity (Wildman–Crippen MR) is 96.0 cm³/mol. The van der Waals surface area contributed by atoms with E-state index in [4.69, 9.17) is 9.84 Å². The predicted octanol–water partition coefficient (Wildman–Crippen LogP) is 1.72. The van der Waals surface area contributed by atoms with Crippen molar-refractivity contribution in [3.05, 3.63) is 59.2 Å². The summed E-state index contributed by atoms with van der Waals surface area (Å²) in [4.78, 5) is 10.8. The molecule has 0 aliphatic carbocycles. The van der Waals surface area contributed by atoms with Gasteiger partial charge in [-0.1, -0.05) is 18.2 Å². The van der Waals surface area contributed by atoms with Crippen LogP contribution in [0.4, 0.5) is 0 Å². The molecule has 0 bridgehead atoms. The van der Waals surface area contributed by atoms with Gasteiger partial charge in [-0.25, -0.2) is 17.9 Å². The Morgan fingerprint density at radius 1 is 1.15 bits per heavy atom. The molecule has 8 heteroatoms. The summed E-state index contributed by atoms with van der Waals surface area (Å²) in [5.74, 6) is -0.768. The first-order valence-corrected chi connectivity index (χ1v) is 9.39. The third-order valence-corrected chi connectivity index (χ3v) is 5.32. The van der Waals surface area contributed by atoms with Crippen molar-refractivity contribution in [2.45, 2.75) is 24.8 Å². The van der Waals surface area contributed by atoms with Gasteiger partial charge in [-0.15, -0.1) is 0 Å². The monoisotopic (exact) mass is 379 g/mol. The molecule has 0 spiro atoms. The number of carbonyl (C=O) groups is 1. The number of rotatable bonds is 8. The van der Waals surface area contributed by atoms with Gasteiger partial charge in [-0.05, 0) is 49.2 Å². The van der Waals surface area contributed by atoms with E-state index in [1.165, 1.54) is 24.3 Å². The zero-order valence-electron chi connectivity index (χ0n) is 14.5. The maximum absolute atomic E-state index is 12.3. The Morgan fingerprint density at radius 3 is 2.50 bits per heavy atom. The minimum Gasteiger partial charge on any atom is -0.491 e. The van der Waals surface area contributed by atoms with Gasteiger partial charge in [0.1, 0.15) is 18.5 Å². The van der Waals surface area contributed by atoms with E-state index in [0.717, 1.165) is 11.1 Å². The molecule has 3 N–H and O–H groups in total. The van der Waals surface area contributed by atoms with Gasteiger partial charge in [0, 0.05) is 6.54 Å². The number of aryl methyl sites for hydroxylation is 2. The minimum absolute atomic E-state index is 0.106. The van der Waals surface area contributed by atoms with E-state index in [-0.39, 0.29) is 23.6 Å². The van der Waals surface area contributed by atoms with Crippen LogP contribution in [-0.2, 0) is 10.0 Å². The number of hydrogen-bond acceptors (Lipinski definition) is 5. The first-order chi connectivity index (χ1) is 12.2. The Kier molecular flexibility index (Phi) is 6.36. The lowest BCUT2D eigenvalue weighted by Gasteiger charge is -2.15. The number of aliphatic hydroxyl groups is 1. The molecule has 26 heavy (non-hydrogen) atoms. The fraction of sp³-hybridized carbons (Fsp3) is 0.278. The number of benzene rings is 2.